The van der Waals surface area contributed by atoms with Crippen molar-refractivity contribution in [2.24, 2.45) is 5.92 Å². The second kappa shape index (κ2) is 6.33. The number of likely N-dealkylation sites (tertiary alicyclic amines) is 1. The van der Waals surface area contributed by atoms with Crippen LogP contribution in [0.25, 0.3) is 0 Å². The number of aliphatic hydroxyl groups is 1. The van der Waals surface area contributed by atoms with E-state index in [4.69, 9.17) is 4.74 Å². The minimum atomic E-state index is -0.412. The van der Waals surface area contributed by atoms with E-state index in [1.54, 1.807) is 11.8 Å². The number of carbonyl (C=O) groups excluding carboxylic acids is 1. The molecule has 1 aromatic carbocycles. The molecule has 1 fully saturated rings. The average Bonchev–Trinajstić information content (AvgIpc) is 2.90. The van der Waals surface area contributed by atoms with Crippen molar-refractivity contribution in [2.45, 2.75) is 26.1 Å². The van der Waals surface area contributed by atoms with Crippen LogP contribution in [-0.2, 0) is 11.3 Å². The molecule has 0 aromatic heterocycles. The van der Waals surface area contributed by atoms with E-state index in [0.717, 1.165) is 6.42 Å². The second-order valence-electron chi connectivity index (χ2n) is 5.28. The van der Waals surface area contributed by atoms with Gasteiger partial charge in [0.05, 0.1) is 12.7 Å². The van der Waals surface area contributed by atoms with Gasteiger partial charge in [-0.1, -0.05) is 0 Å². The summed E-state index contributed by atoms with van der Waals surface area (Å²) in [6.45, 7) is 3.06. The van der Waals surface area contributed by atoms with Crippen LogP contribution in [0.15, 0.2) is 18.2 Å². The first kappa shape index (κ1) is 14.9. The van der Waals surface area contributed by atoms with E-state index in [0.29, 0.717) is 24.2 Å². The Balaban J connectivity index is 2.12. The molecule has 1 aliphatic heterocycles. The Hall–Kier alpha value is -1.46. The third kappa shape index (κ3) is 3.16. The first-order valence-corrected chi connectivity index (χ1v) is 6.77. The van der Waals surface area contributed by atoms with Crippen molar-refractivity contribution in [1.29, 1.82) is 0 Å². The summed E-state index contributed by atoms with van der Waals surface area (Å²) in [6.07, 6.45) is 0.389. The fourth-order valence-corrected chi connectivity index (χ4v) is 2.52. The smallest absolute Gasteiger partial charge is 0.253 e. The van der Waals surface area contributed by atoms with Gasteiger partial charge in [0.15, 0.2) is 0 Å². The van der Waals surface area contributed by atoms with Crippen LogP contribution in [0.3, 0.4) is 0 Å². The van der Waals surface area contributed by atoms with Crippen LogP contribution >= 0.6 is 0 Å². The minimum absolute atomic E-state index is 0.120. The molecule has 5 heteroatoms. The molecule has 4 nitrogen and oxygen atoms in total. The summed E-state index contributed by atoms with van der Waals surface area (Å²) in [5.74, 6) is -0.366. The van der Waals surface area contributed by atoms with E-state index in [1.807, 2.05) is 0 Å². The molecule has 2 atom stereocenters. The van der Waals surface area contributed by atoms with Crippen molar-refractivity contribution in [3.63, 3.8) is 0 Å². The maximum absolute atomic E-state index is 13.5. The van der Waals surface area contributed by atoms with Gasteiger partial charge in [-0.25, -0.2) is 4.39 Å². The molecule has 1 N–H and O–H groups in total. The van der Waals surface area contributed by atoms with Gasteiger partial charge in [-0.15, -0.1) is 0 Å². The Kier molecular flexibility index (Phi) is 4.73. The summed E-state index contributed by atoms with van der Waals surface area (Å²) < 4.78 is 18.4. The molecule has 20 heavy (non-hydrogen) atoms. The fraction of sp³-hybridized carbons (Fsp3) is 0.533. The molecule has 1 aromatic rings. The van der Waals surface area contributed by atoms with Crippen LogP contribution in [0.4, 0.5) is 4.39 Å². The van der Waals surface area contributed by atoms with Crippen LogP contribution in [0.1, 0.15) is 29.3 Å². The minimum Gasteiger partial charge on any atom is -0.393 e. The molecule has 110 valence electrons. The van der Waals surface area contributed by atoms with Crippen LogP contribution < -0.4 is 0 Å². The van der Waals surface area contributed by atoms with Crippen LogP contribution in [0.5, 0.6) is 0 Å². The number of rotatable bonds is 4. The molecule has 1 aliphatic rings. The van der Waals surface area contributed by atoms with Gasteiger partial charge in [-0.3, -0.25) is 4.79 Å². The largest absolute Gasteiger partial charge is 0.393 e. The van der Waals surface area contributed by atoms with E-state index < -0.39 is 6.10 Å². The van der Waals surface area contributed by atoms with Crippen molar-refractivity contribution in [3.8, 4) is 0 Å². The maximum atomic E-state index is 13.5. The molecule has 0 saturated carbocycles. The lowest BCUT2D eigenvalue weighted by molar-refractivity contribution is 0.0762. The summed E-state index contributed by atoms with van der Waals surface area (Å²) in [7, 11) is 1.49. The summed E-state index contributed by atoms with van der Waals surface area (Å²) in [5, 5.41) is 9.57. The zero-order valence-electron chi connectivity index (χ0n) is 11.8. The molecule has 1 amide bonds. The standard InChI is InChI=1S/C15H20FNO3/c1-10(18)12-5-6-17(8-12)15(19)11-3-4-14(16)13(7-11)9-20-2/h3-4,7,10,12,18H,5-6,8-9H2,1-2H3. The van der Waals surface area contributed by atoms with Gasteiger partial charge < -0.3 is 14.7 Å². The van der Waals surface area contributed by atoms with Crippen molar-refractivity contribution in [1.82, 2.24) is 4.90 Å². The lowest BCUT2D eigenvalue weighted by Gasteiger charge is -2.18. The van der Waals surface area contributed by atoms with E-state index >= 15 is 0 Å². The molecule has 0 bridgehead atoms. The first-order valence-electron chi connectivity index (χ1n) is 6.77. The monoisotopic (exact) mass is 281 g/mol. The van der Waals surface area contributed by atoms with Gasteiger partial charge >= 0.3 is 0 Å². The van der Waals surface area contributed by atoms with Gasteiger partial charge in [0.1, 0.15) is 5.82 Å². The highest BCUT2D eigenvalue weighted by Crippen LogP contribution is 2.22. The molecule has 2 rings (SSSR count). The van der Waals surface area contributed by atoms with Gasteiger partial charge in [0.25, 0.3) is 5.91 Å². The van der Waals surface area contributed by atoms with E-state index in [2.05, 4.69) is 0 Å². The SMILES string of the molecule is COCc1cc(C(=O)N2CCC(C(C)O)C2)ccc1F. The summed E-state index contributed by atoms with van der Waals surface area (Å²) in [6, 6.07) is 4.33. The number of ether oxygens (including phenoxy) is 1. The Morgan fingerprint density at radius 2 is 2.35 bits per heavy atom. The number of aliphatic hydroxyl groups excluding tert-OH is 1. The number of hydrogen-bond donors (Lipinski definition) is 1. The Labute approximate surface area is 118 Å². The third-order valence-corrected chi connectivity index (χ3v) is 3.79. The maximum Gasteiger partial charge on any atom is 0.253 e. The van der Waals surface area contributed by atoms with Crippen LogP contribution in [0.2, 0.25) is 0 Å². The predicted octanol–water partition coefficient (Wildman–Crippen LogP) is 1.81. The zero-order valence-corrected chi connectivity index (χ0v) is 11.8. The van der Waals surface area contributed by atoms with Crippen molar-refractivity contribution in [2.75, 3.05) is 20.2 Å². The second-order valence-corrected chi connectivity index (χ2v) is 5.28. The Bertz CT molecular complexity index is 490. The van der Waals surface area contributed by atoms with E-state index in [9.17, 15) is 14.3 Å². The van der Waals surface area contributed by atoms with Crippen LogP contribution in [-0.4, -0.2) is 42.2 Å². The molecule has 2 unspecified atom stereocenters. The van der Waals surface area contributed by atoms with E-state index in [-0.39, 0.29) is 24.2 Å². The zero-order chi connectivity index (χ0) is 14.7. The molecular formula is C15H20FNO3. The number of methoxy groups -OCH3 is 1. The molecule has 0 spiro atoms. The molecule has 1 heterocycles. The first-order chi connectivity index (χ1) is 9.52. The lowest BCUT2D eigenvalue weighted by atomic mass is 10.0. The normalized spacial score (nSPS) is 20.2. The number of halogens is 1. The number of amides is 1. The Morgan fingerprint density at radius 1 is 1.60 bits per heavy atom. The van der Waals surface area contributed by atoms with Crippen molar-refractivity contribution in [3.05, 3.63) is 35.1 Å². The molecule has 0 aliphatic carbocycles. The van der Waals surface area contributed by atoms with Gasteiger partial charge in [0, 0.05) is 37.2 Å². The summed E-state index contributed by atoms with van der Waals surface area (Å²) in [4.78, 5) is 14.1. The number of hydrogen-bond acceptors (Lipinski definition) is 3. The number of nitrogens with zero attached hydrogens (tertiary/aromatic N) is 1. The summed E-state index contributed by atoms with van der Waals surface area (Å²) >= 11 is 0. The average molecular weight is 281 g/mol. The molecule has 0 radical (unpaired) electrons. The third-order valence-electron chi connectivity index (χ3n) is 3.79. The van der Waals surface area contributed by atoms with Gasteiger partial charge in [-0.05, 0) is 31.5 Å². The lowest BCUT2D eigenvalue weighted by Crippen LogP contribution is -2.30. The number of benzene rings is 1. The predicted molar refractivity (Wildman–Crippen MR) is 72.8 cm³/mol. The molecule has 1 saturated heterocycles. The number of carbonyl (C=O) groups is 1. The fourth-order valence-electron chi connectivity index (χ4n) is 2.52. The highest BCUT2D eigenvalue weighted by molar-refractivity contribution is 5.94. The van der Waals surface area contributed by atoms with E-state index in [1.165, 1.54) is 25.3 Å². The van der Waals surface area contributed by atoms with Gasteiger partial charge in [0.2, 0.25) is 0 Å². The summed E-state index contributed by atoms with van der Waals surface area (Å²) in [5.41, 5.74) is 0.842. The quantitative estimate of drug-likeness (QED) is 0.916. The molecular weight excluding hydrogens is 261 g/mol. The van der Waals surface area contributed by atoms with Gasteiger partial charge in [-0.2, -0.15) is 0 Å². The van der Waals surface area contributed by atoms with Crippen molar-refractivity contribution < 1.29 is 19.0 Å². The van der Waals surface area contributed by atoms with Crippen molar-refractivity contribution >= 4 is 5.91 Å². The Morgan fingerprint density at radius 3 is 2.95 bits per heavy atom. The highest BCUT2D eigenvalue weighted by Gasteiger charge is 2.29. The highest BCUT2D eigenvalue weighted by atomic mass is 19.1. The topological polar surface area (TPSA) is 49.8 Å². The van der Waals surface area contributed by atoms with Crippen LogP contribution in [0, 0.1) is 11.7 Å².